The Morgan fingerprint density at radius 3 is 2.64 bits per heavy atom. The molecule has 0 bridgehead atoms. The van der Waals surface area contributed by atoms with E-state index in [1.54, 1.807) is 7.11 Å². The monoisotopic (exact) mass is 460 g/mol. The number of methoxy groups -OCH3 is 1. The molecule has 1 aromatic rings. The van der Waals surface area contributed by atoms with Crippen LogP contribution in [-0.4, -0.2) is 45.2 Å². The fourth-order valence-electron chi connectivity index (χ4n) is 2.64. The highest BCUT2D eigenvalue weighted by molar-refractivity contribution is 14.0. The van der Waals surface area contributed by atoms with E-state index in [9.17, 15) is 4.79 Å². The number of carbonyl (C=O) groups excluding carboxylic acids is 1. The number of benzene rings is 1. The number of hydrogen-bond acceptors (Lipinski definition) is 3. The zero-order chi connectivity index (χ0) is 17.2. The second-order valence-corrected chi connectivity index (χ2v) is 5.78. The molecule has 0 spiro atoms. The first-order valence-electron chi connectivity index (χ1n) is 8.65. The van der Waals surface area contributed by atoms with Crippen LogP contribution in [0.5, 0.6) is 0 Å². The van der Waals surface area contributed by atoms with Crippen LogP contribution in [0.3, 0.4) is 0 Å². The lowest BCUT2D eigenvalue weighted by Crippen LogP contribution is -2.38. The van der Waals surface area contributed by atoms with Crippen molar-refractivity contribution in [2.24, 2.45) is 4.99 Å². The Balaban J connectivity index is 0.00000312. The van der Waals surface area contributed by atoms with E-state index in [0.717, 1.165) is 56.3 Å². The number of amides is 1. The summed E-state index contributed by atoms with van der Waals surface area (Å²) in [5, 5.41) is 6.53. The number of hydrogen-bond donors (Lipinski definition) is 2. The first-order valence-corrected chi connectivity index (χ1v) is 8.65. The van der Waals surface area contributed by atoms with E-state index < -0.39 is 0 Å². The van der Waals surface area contributed by atoms with E-state index in [2.05, 4.69) is 15.6 Å². The number of ether oxygens (including phenoxy) is 1. The Hall–Kier alpha value is -1.35. The second kappa shape index (κ2) is 12.1. The summed E-state index contributed by atoms with van der Waals surface area (Å²) in [6.45, 7) is 5.87. The van der Waals surface area contributed by atoms with Gasteiger partial charge in [-0.1, -0.05) is 12.1 Å². The molecule has 25 heavy (non-hydrogen) atoms. The van der Waals surface area contributed by atoms with Crippen LogP contribution in [0.1, 0.15) is 31.7 Å². The zero-order valence-electron chi connectivity index (χ0n) is 15.1. The quantitative estimate of drug-likeness (QED) is 0.271. The summed E-state index contributed by atoms with van der Waals surface area (Å²) in [6, 6.07) is 8.10. The molecule has 7 heteroatoms. The molecule has 0 unspecified atom stereocenters. The molecule has 140 valence electrons. The van der Waals surface area contributed by atoms with Crippen molar-refractivity contribution in [2.45, 2.75) is 32.7 Å². The molecule has 1 aliphatic rings. The largest absolute Gasteiger partial charge is 0.385 e. The summed E-state index contributed by atoms with van der Waals surface area (Å²) in [5.41, 5.74) is 2.11. The van der Waals surface area contributed by atoms with Gasteiger partial charge >= 0.3 is 0 Å². The maximum absolute atomic E-state index is 11.8. The average Bonchev–Trinajstić information content (AvgIpc) is 3.03. The molecular weight excluding hydrogens is 431 g/mol. The van der Waals surface area contributed by atoms with Gasteiger partial charge < -0.3 is 20.3 Å². The third-order valence-electron chi connectivity index (χ3n) is 3.90. The van der Waals surface area contributed by atoms with Crippen LogP contribution in [0.15, 0.2) is 29.3 Å². The predicted octanol–water partition coefficient (Wildman–Crippen LogP) is 2.52. The molecule has 2 N–H and O–H groups in total. The molecule has 0 aromatic heterocycles. The third-order valence-corrected chi connectivity index (χ3v) is 3.90. The van der Waals surface area contributed by atoms with Crippen LogP contribution in [0.4, 0.5) is 5.69 Å². The van der Waals surface area contributed by atoms with Crippen molar-refractivity contribution in [1.82, 2.24) is 10.6 Å². The Bertz CT molecular complexity index is 549. The number of guanidine groups is 1. The van der Waals surface area contributed by atoms with Crippen molar-refractivity contribution in [2.75, 3.05) is 38.3 Å². The minimum absolute atomic E-state index is 0. The number of halogens is 1. The van der Waals surface area contributed by atoms with E-state index in [4.69, 9.17) is 4.74 Å². The topological polar surface area (TPSA) is 66.0 Å². The highest BCUT2D eigenvalue weighted by Crippen LogP contribution is 2.21. The molecule has 0 atom stereocenters. The van der Waals surface area contributed by atoms with Gasteiger partial charge in [0.05, 0.1) is 6.54 Å². The number of aliphatic imine (C=N–C) groups is 1. The van der Waals surface area contributed by atoms with Crippen LogP contribution < -0.4 is 15.5 Å². The lowest BCUT2D eigenvalue weighted by atomic mass is 10.2. The Labute approximate surface area is 167 Å². The zero-order valence-corrected chi connectivity index (χ0v) is 17.4. The van der Waals surface area contributed by atoms with Gasteiger partial charge in [-0.15, -0.1) is 24.0 Å². The minimum Gasteiger partial charge on any atom is -0.385 e. The fraction of sp³-hybridized carbons (Fsp3) is 0.556. The van der Waals surface area contributed by atoms with Crippen LogP contribution in [-0.2, 0) is 16.1 Å². The molecule has 1 aliphatic heterocycles. The first kappa shape index (κ1) is 21.7. The van der Waals surface area contributed by atoms with Crippen LogP contribution in [0.2, 0.25) is 0 Å². The standard InChI is InChI=1S/C18H28N4O2.HI/c1-3-19-18(20-11-5-13-24-2)21-14-15-7-9-16(10-8-15)22-12-4-6-17(22)23;/h7-10H,3-6,11-14H2,1-2H3,(H2,19,20,21);1H. The van der Waals surface area contributed by atoms with Crippen LogP contribution >= 0.6 is 24.0 Å². The molecule has 1 saturated heterocycles. The lowest BCUT2D eigenvalue weighted by molar-refractivity contribution is -0.117. The van der Waals surface area contributed by atoms with Gasteiger partial charge in [-0.25, -0.2) is 4.99 Å². The number of carbonyl (C=O) groups is 1. The van der Waals surface area contributed by atoms with Crippen LogP contribution in [0, 0.1) is 0 Å². The first-order chi connectivity index (χ1) is 11.7. The fourth-order valence-corrected chi connectivity index (χ4v) is 2.64. The summed E-state index contributed by atoms with van der Waals surface area (Å²) in [6.07, 6.45) is 2.55. The van der Waals surface area contributed by atoms with E-state index in [-0.39, 0.29) is 29.9 Å². The van der Waals surface area contributed by atoms with Gasteiger partial charge in [0.25, 0.3) is 0 Å². The van der Waals surface area contributed by atoms with Gasteiger partial charge in [-0.05, 0) is 37.5 Å². The predicted molar refractivity (Wildman–Crippen MR) is 113 cm³/mol. The van der Waals surface area contributed by atoms with Crippen molar-refractivity contribution in [3.05, 3.63) is 29.8 Å². The van der Waals surface area contributed by atoms with Gasteiger partial charge in [-0.3, -0.25) is 4.79 Å². The Kier molecular flexibility index (Phi) is 10.5. The van der Waals surface area contributed by atoms with Crippen LogP contribution in [0.25, 0.3) is 0 Å². The maximum Gasteiger partial charge on any atom is 0.227 e. The van der Waals surface area contributed by atoms with E-state index in [0.29, 0.717) is 13.0 Å². The molecule has 1 fully saturated rings. The van der Waals surface area contributed by atoms with Gasteiger partial charge in [0.2, 0.25) is 5.91 Å². The molecule has 0 aliphatic carbocycles. The molecule has 1 amide bonds. The lowest BCUT2D eigenvalue weighted by Gasteiger charge is -2.16. The van der Waals surface area contributed by atoms with Crippen molar-refractivity contribution in [3.63, 3.8) is 0 Å². The SMILES string of the molecule is CCNC(=NCc1ccc(N2CCCC2=O)cc1)NCCCOC.I. The molecule has 1 heterocycles. The molecule has 1 aromatic carbocycles. The summed E-state index contributed by atoms with van der Waals surface area (Å²) in [5.74, 6) is 1.03. The number of anilines is 1. The minimum atomic E-state index is 0. The Morgan fingerprint density at radius 1 is 1.28 bits per heavy atom. The van der Waals surface area contributed by atoms with Gasteiger partial charge in [0.1, 0.15) is 0 Å². The average molecular weight is 460 g/mol. The highest BCUT2D eigenvalue weighted by Gasteiger charge is 2.21. The molecule has 2 rings (SSSR count). The number of rotatable bonds is 8. The smallest absolute Gasteiger partial charge is 0.227 e. The molecule has 0 radical (unpaired) electrons. The van der Waals surface area contributed by atoms with Crippen molar-refractivity contribution in [3.8, 4) is 0 Å². The number of nitrogens with one attached hydrogen (secondary N) is 2. The third kappa shape index (κ3) is 7.19. The normalized spacial score (nSPS) is 14.4. The summed E-state index contributed by atoms with van der Waals surface area (Å²) < 4.78 is 5.05. The van der Waals surface area contributed by atoms with Crippen molar-refractivity contribution >= 4 is 41.5 Å². The summed E-state index contributed by atoms with van der Waals surface area (Å²) >= 11 is 0. The van der Waals surface area contributed by atoms with Gasteiger partial charge in [-0.2, -0.15) is 0 Å². The van der Waals surface area contributed by atoms with Crippen molar-refractivity contribution < 1.29 is 9.53 Å². The summed E-state index contributed by atoms with van der Waals surface area (Å²) in [4.78, 5) is 18.2. The van der Waals surface area contributed by atoms with E-state index >= 15 is 0 Å². The molecule has 0 saturated carbocycles. The Morgan fingerprint density at radius 2 is 2.04 bits per heavy atom. The number of nitrogens with zero attached hydrogens (tertiary/aromatic N) is 2. The second-order valence-electron chi connectivity index (χ2n) is 5.78. The summed E-state index contributed by atoms with van der Waals surface area (Å²) in [7, 11) is 1.71. The van der Waals surface area contributed by atoms with Crippen molar-refractivity contribution in [1.29, 1.82) is 0 Å². The molecular formula is C18H29IN4O2. The molecule has 6 nitrogen and oxygen atoms in total. The van der Waals surface area contributed by atoms with E-state index in [1.165, 1.54) is 0 Å². The maximum atomic E-state index is 11.8. The van der Waals surface area contributed by atoms with E-state index in [1.807, 2.05) is 36.1 Å². The van der Waals surface area contributed by atoms with Gasteiger partial charge in [0, 0.05) is 45.5 Å². The van der Waals surface area contributed by atoms with Gasteiger partial charge in [0.15, 0.2) is 5.96 Å². The highest BCUT2D eigenvalue weighted by atomic mass is 127.